The first kappa shape index (κ1) is 9.48. The lowest BCUT2D eigenvalue weighted by molar-refractivity contribution is 1.01. The molecule has 0 fully saturated rings. The second-order valence-electron chi connectivity index (χ2n) is 1.78. The zero-order chi connectivity index (χ0) is 10.4. The van der Waals surface area contributed by atoms with Crippen molar-refractivity contribution in [1.29, 1.82) is 0 Å². The average molecular weight is 193 g/mol. The van der Waals surface area contributed by atoms with Gasteiger partial charge in [-0.1, -0.05) is 0 Å². The van der Waals surface area contributed by atoms with Crippen LogP contribution in [-0.2, 0) is 0 Å². The van der Waals surface area contributed by atoms with Gasteiger partial charge in [0.15, 0.2) is 0 Å². The third-order valence-corrected chi connectivity index (χ3v) is 1.01. The Morgan fingerprint density at radius 2 is 1.57 bits per heavy atom. The monoisotopic (exact) mass is 193 g/mol. The lowest BCUT2D eigenvalue weighted by Gasteiger charge is -1.98. The fourth-order valence-electron chi connectivity index (χ4n) is 0.588. The molecule has 0 radical (unpaired) electrons. The van der Waals surface area contributed by atoms with Gasteiger partial charge in [-0.2, -0.15) is 9.97 Å². The predicted octanol–water partition coefficient (Wildman–Crippen LogP) is 1.04. The molecule has 70 valence electrons. The summed E-state index contributed by atoms with van der Waals surface area (Å²) in [5, 5.41) is 6.20. The number of azide groups is 2. The van der Waals surface area contributed by atoms with Crippen molar-refractivity contribution in [3.05, 3.63) is 20.9 Å². The molecule has 1 aromatic rings. The number of nitrogen functional groups attached to an aromatic ring is 1. The number of nitrogens with one attached hydrogen (secondary N) is 1. The zero-order valence-electron chi connectivity index (χ0n) is 6.60. The van der Waals surface area contributed by atoms with Crippen LogP contribution >= 0.6 is 0 Å². The molecular formula is C3H3N11. The van der Waals surface area contributed by atoms with Crippen molar-refractivity contribution in [2.45, 2.75) is 0 Å². The molecule has 0 saturated carbocycles. The van der Waals surface area contributed by atoms with Gasteiger partial charge in [0.05, 0.1) is 0 Å². The van der Waals surface area contributed by atoms with E-state index in [4.69, 9.17) is 16.9 Å². The van der Waals surface area contributed by atoms with Gasteiger partial charge in [0.25, 0.3) is 0 Å². The molecule has 1 rings (SSSR count). The Hall–Kier alpha value is -2.61. The summed E-state index contributed by atoms with van der Waals surface area (Å²) in [4.78, 5) is 15.5. The van der Waals surface area contributed by atoms with E-state index in [1.165, 1.54) is 0 Å². The summed E-state index contributed by atoms with van der Waals surface area (Å²) in [7, 11) is 0. The second kappa shape index (κ2) is 4.42. The van der Waals surface area contributed by atoms with Gasteiger partial charge < -0.3 is 0 Å². The summed E-state index contributed by atoms with van der Waals surface area (Å²) in [5.41, 5.74) is 18.3. The van der Waals surface area contributed by atoms with Gasteiger partial charge in [-0.05, 0) is 21.3 Å². The van der Waals surface area contributed by atoms with Crippen LogP contribution < -0.4 is 11.3 Å². The normalized spacial score (nSPS) is 8.36. The van der Waals surface area contributed by atoms with Crippen molar-refractivity contribution in [3.63, 3.8) is 0 Å². The molecule has 0 atom stereocenters. The fraction of sp³-hybridized carbons (Fsp3) is 0. The number of hydrazine groups is 1. The Morgan fingerprint density at radius 1 is 1.07 bits per heavy atom. The van der Waals surface area contributed by atoms with Crippen LogP contribution in [-0.4, -0.2) is 15.0 Å². The standard InChI is InChI=1S/C3H3N11/c4-10-1-7-2(11-13-5)9-3(8-1)12-14-6/h4H2,(H,7,8,9,10). The first-order valence-electron chi connectivity index (χ1n) is 3.13. The van der Waals surface area contributed by atoms with E-state index >= 15 is 0 Å². The Balaban J connectivity index is 3.25. The summed E-state index contributed by atoms with van der Waals surface area (Å²) in [5.74, 6) is 4.47. The number of hydrogen-bond donors (Lipinski definition) is 2. The van der Waals surface area contributed by atoms with E-state index in [2.05, 4.69) is 40.4 Å². The third-order valence-electron chi connectivity index (χ3n) is 1.01. The molecule has 11 nitrogen and oxygen atoms in total. The molecule has 0 saturated heterocycles. The van der Waals surface area contributed by atoms with Gasteiger partial charge in [-0.25, -0.2) is 10.8 Å². The Kier molecular flexibility index (Phi) is 3.00. The molecule has 1 aromatic heterocycles. The van der Waals surface area contributed by atoms with Crippen molar-refractivity contribution in [2.24, 2.45) is 16.1 Å². The number of aromatic nitrogens is 3. The third kappa shape index (κ3) is 2.19. The molecule has 14 heavy (non-hydrogen) atoms. The summed E-state index contributed by atoms with van der Waals surface area (Å²) >= 11 is 0. The van der Waals surface area contributed by atoms with Crippen LogP contribution in [0.2, 0.25) is 0 Å². The number of anilines is 1. The smallest absolute Gasteiger partial charge is 0.241 e. The quantitative estimate of drug-likeness (QED) is 0.239. The molecule has 11 heteroatoms. The maximum atomic E-state index is 8.11. The van der Waals surface area contributed by atoms with Gasteiger partial charge in [0.1, 0.15) is 0 Å². The van der Waals surface area contributed by atoms with Crippen LogP contribution in [0, 0.1) is 0 Å². The molecule has 0 unspecified atom stereocenters. The van der Waals surface area contributed by atoms with Crippen molar-refractivity contribution in [3.8, 4) is 0 Å². The highest BCUT2D eigenvalue weighted by atomic mass is 15.4. The fourth-order valence-corrected chi connectivity index (χ4v) is 0.588. The van der Waals surface area contributed by atoms with Crippen LogP contribution in [0.5, 0.6) is 0 Å². The average Bonchev–Trinajstić information content (AvgIpc) is 2.18. The molecule has 0 aliphatic heterocycles. The summed E-state index contributed by atoms with van der Waals surface area (Å²) < 4.78 is 0. The molecular weight excluding hydrogens is 190 g/mol. The molecule has 1 heterocycles. The highest BCUT2D eigenvalue weighted by Crippen LogP contribution is 2.13. The Morgan fingerprint density at radius 3 is 1.93 bits per heavy atom. The molecule has 3 N–H and O–H groups in total. The van der Waals surface area contributed by atoms with Gasteiger partial charge in [-0.15, -0.1) is 0 Å². The first-order chi connectivity index (χ1) is 6.80. The lowest BCUT2D eigenvalue weighted by atomic mass is 10.8. The van der Waals surface area contributed by atoms with Gasteiger partial charge in [0.2, 0.25) is 17.8 Å². The Labute approximate surface area is 76.2 Å². The second-order valence-corrected chi connectivity index (χ2v) is 1.78. The SMILES string of the molecule is [N-]=[N+]=Nc1nc(N=[N+]=[N-])nc(NN)n1. The minimum Gasteiger partial charge on any atom is -0.292 e. The largest absolute Gasteiger partial charge is 0.292 e. The summed E-state index contributed by atoms with van der Waals surface area (Å²) in [6.45, 7) is 0. The van der Waals surface area contributed by atoms with E-state index in [9.17, 15) is 0 Å². The van der Waals surface area contributed by atoms with Crippen molar-refractivity contribution >= 4 is 17.8 Å². The van der Waals surface area contributed by atoms with Crippen molar-refractivity contribution < 1.29 is 0 Å². The highest BCUT2D eigenvalue weighted by Gasteiger charge is 2.01. The topological polar surface area (TPSA) is 174 Å². The molecule has 0 aromatic carbocycles. The maximum Gasteiger partial charge on any atom is 0.241 e. The number of hydrogen-bond acceptors (Lipinski definition) is 7. The highest BCUT2D eigenvalue weighted by molar-refractivity contribution is 5.35. The predicted molar refractivity (Wildman–Crippen MR) is 45.2 cm³/mol. The molecule has 0 spiro atoms. The van der Waals surface area contributed by atoms with Crippen molar-refractivity contribution in [1.82, 2.24) is 15.0 Å². The Bertz CT molecular complexity index is 386. The van der Waals surface area contributed by atoms with Gasteiger partial charge in [-0.3, -0.25) is 5.43 Å². The van der Waals surface area contributed by atoms with Crippen LogP contribution in [0.1, 0.15) is 0 Å². The number of nitrogens with zero attached hydrogens (tertiary/aromatic N) is 9. The van der Waals surface area contributed by atoms with Crippen LogP contribution in [0.3, 0.4) is 0 Å². The zero-order valence-corrected chi connectivity index (χ0v) is 6.60. The molecule has 0 bridgehead atoms. The van der Waals surface area contributed by atoms with Crippen molar-refractivity contribution in [2.75, 3.05) is 5.43 Å². The van der Waals surface area contributed by atoms with E-state index < -0.39 is 0 Å². The number of rotatable bonds is 3. The van der Waals surface area contributed by atoms with Gasteiger partial charge >= 0.3 is 0 Å². The minimum atomic E-state index is -0.238. The minimum absolute atomic E-state index is 0.0650. The lowest BCUT2D eigenvalue weighted by Crippen LogP contribution is -2.10. The van der Waals surface area contributed by atoms with Crippen LogP contribution in [0.25, 0.3) is 20.9 Å². The molecule has 0 aliphatic carbocycles. The maximum absolute atomic E-state index is 8.11. The first-order valence-corrected chi connectivity index (χ1v) is 3.13. The van der Waals surface area contributed by atoms with Gasteiger partial charge in [0, 0.05) is 9.82 Å². The molecule has 0 aliphatic rings. The number of nitrogens with two attached hydrogens (primary N) is 1. The van der Waals surface area contributed by atoms with E-state index in [1.54, 1.807) is 0 Å². The summed E-state index contributed by atoms with van der Waals surface area (Å²) in [6.07, 6.45) is 0. The van der Waals surface area contributed by atoms with Crippen LogP contribution in [0.4, 0.5) is 17.8 Å². The van der Waals surface area contributed by atoms with E-state index in [1.807, 2.05) is 0 Å². The van der Waals surface area contributed by atoms with Crippen LogP contribution in [0.15, 0.2) is 10.2 Å². The van der Waals surface area contributed by atoms with E-state index in [0.717, 1.165) is 0 Å². The van der Waals surface area contributed by atoms with E-state index in [0.29, 0.717) is 0 Å². The molecule has 0 amide bonds. The summed E-state index contributed by atoms with van der Waals surface area (Å²) in [6, 6.07) is 0. The van der Waals surface area contributed by atoms with E-state index in [-0.39, 0.29) is 17.8 Å².